The van der Waals surface area contributed by atoms with Gasteiger partial charge in [0.1, 0.15) is 11.9 Å². The van der Waals surface area contributed by atoms with E-state index in [9.17, 15) is 72.8 Å². The van der Waals surface area contributed by atoms with Gasteiger partial charge in [-0.1, -0.05) is 49.2 Å². The summed E-state index contributed by atoms with van der Waals surface area (Å²) in [6, 6.07) is 24.0. The fourth-order valence-electron chi connectivity index (χ4n) is 7.98. The fourth-order valence-corrected chi connectivity index (χ4v) is 12.2. The number of aliphatic hydroxyl groups is 3. The summed E-state index contributed by atoms with van der Waals surface area (Å²) >= 11 is 0. The van der Waals surface area contributed by atoms with Crippen LogP contribution >= 0.6 is 7.92 Å². The molecule has 1 atom stereocenters. The van der Waals surface area contributed by atoms with Crippen molar-refractivity contribution in [2.24, 2.45) is 5.84 Å². The number of H-pyrrole nitrogens is 1. The second kappa shape index (κ2) is 38.2. The van der Waals surface area contributed by atoms with Crippen molar-refractivity contribution < 1.29 is 138 Å². The van der Waals surface area contributed by atoms with Crippen molar-refractivity contribution in [3.63, 3.8) is 0 Å². The van der Waals surface area contributed by atoms with Crippen molar-refractivity contribution in [3.05, 3.63) is 149 Å². The Morgan fingerprint density at radius 2 is 1.16 bits per heavy atom. The third kappa shape index (κ3) is 25.7. The van der Waals surface area contributed by atoms with Gasteiger partial charge in [-0.2, -0.15) is 30.2 Å². The molecule has 94 heavy (non-hydrogen) atoms. The molecule has 33 nitrogen and oxygen atoms in total. The molecule has 0 spiro atoms. The molecule has 0 aliphatic rings. The van der Waals surface area contributed by atoms with Gasteiger partial charge in [0.2, 0.25) is 11.9 Å². The van der Waals surface area contributed by atoms with Crippen LogP contribution in [-0.2, 0) is 71.4 Å². The van der Waals surface area contributed by atoms with Crippen LogP contribution in [0.1, 0.15) is 64.9 Å². The number of rotatable bonds is 30. The Bertz CT molecular complexity index is 3940. The number of anilines is 3. The number of nitrogens with zero attached hydrogens (tertiary/aromatic N) is 4. The van der Waals surface area contributed by atoms with Gasteiger partial charge in [-0.15, -0.1) is 0 Å². The van der Waals surface area contributed by atoms with Crippen molar-refractivity contribution >= 4 is 112 Å². The van der Waals surface area contributed by atoms with Gasteiger partial charge in [0.25, 0.3) is 47.7 Å². The Morgan fingerprint density at radius 3 is 1.62 bits per heavy atom. The van der Waals surface area contributed by atoms with E-state index in [4.69, 9.17) is 32.0 Å². The summed E-state index contributed by atoms with van der Waals surface area (Å²) in [6.45, 7) is -0.813. The molecular weight excluding hydrogens is 1410 g/mol. The van der Waals surface area contributed by atoms with Crippen molar-refractivity contribution in [3.8, 4) is 0 Å². The first-order chi connectivity index (χ1) is 43.5. The molecule has 19 N–H and O–H groups in total. The number of nitrogens with two attached hydrogens (primary N) is 2. The minimum Gasteiger partial charge on any atom is -0.480 e. The van der Waals surface area contributed by atoms with E-state index in [1.165, 1.54) is 79.1 Å². The zero-order chi connectivity index (χ0) is 67.8. The molecule has 0 aliphatic carbocycles. The summed E-state index contributed by atoms with van der Waals surface area (Å²) in [7, 11) is -15.4. The Hall–Kier alpha value is -7.39. The van der Waals surface area contributed by atoms with Crippen molar-refractivity contribution in [1.29, 1.82) is 0 Å². The van der Waals surface area contributed by atoms with Gasteiger partial charge in [-0.25, -0.2) is 25.6 Å². The topological polar surface area (TPSA) is 558 Å². The number of fused-ring (bicyclic) bond motifs is 1. The fraction of sp³-hybridized carbons (Fsp3) is 0.273. The number of hydrazine groups is 1. The van der Waals surface area contributed by atoms with Crippen LogP contribution in [-0.4, -0.2) is 170 Å². The van der Waals surface area contributed by atoms with E-state index in [0.29, 0.717) is 51.8 Å². The molecule has 7 rings (SSSR count). The van der Waals surface area contributed by atoms with Crippen LogP contribution in [0.25, 0.3) is 11.2 Å². The summed E-state index contributed by atoms with van der Waals surface area (Å²) in [6.07, 6.45) is 5.93. The van der Waals surface area contributed by atoms with E-state index >= 15 is 0 Å². The zero-order valence-electron chi connectivity index (χ0n) is 49.8. The quantitative estimate of drug-likeness (QED) is 0.00513. The maximum Gasteiger partial charge on any atom is 7.00 e. The monoisotopic (exact) mass is 1480 g/mol. The summed E-state index contributed by atoms with van der Waals surface area (Å²) in [5.74, 6) is 2.18. The predicted molar refractivity (Wildman–Crippen MR) is 334 cm³/mol. The molecule has 0 radical (unpaired) electrons. The molecule has 0 aliphatic heterocycles. The molecule has 0 saturated carbocycles. The van der Waals surface area contributed by atoms with Crippen LogP contribution in [0.5, 0.6) is 0 Å². The van der Waals surface area contributed by atoms with Crippen molar-refractivity contribution in [1.82, 2.24) is 46.2 Å². The van der Waals surface area contributed by atoms with Crippen LogP contribution in [0.4, 0.5) is 17.5 Å². The molecule has 3 amide bonds. The normalized spacial score (nSPS) is 11.6. The number of aromatic nitrogens is 5. The number of nitrogen functional groups attached to an aromatic ring is 2. The summed E-state index contributed by atoms with van der Waals surface area (Å²) in [4.78, 5) is 88.5. The first-order valence-corrected chi connectivity index (χ1v) is 32.8. The SMILES string of the molecule is NNc1ccc(C(=O)NCCCCCCNC(=O)CCC(NC(=O)c2ccc(NCc3cnc4nc(N)[nH]c(=O)c4n3)cc2)C(=O)O)cn1.O=C(O)CNC(CO)(CO)CO.O=S(=O)(O)c1cccc(P(c2cccc(S(=O)(=O)O)c2)c2cccc(S(=O)(=O)O)c2)c1.[99Tc+7].[Na+]. The van der Waals surface area contributed by atoms with Gasteiger partial charge in [0.05, 0.1) is 70.6 Å². The van der Waals surface area contributed by atoms with Gasteiger partial charge >= 0.3 is 61.6 Å². The number of carboxylic acid groups (broad SMARTS) is 2. The number of hydrogen-bond donors (Lipinski definition) is 17. The average molecular weight is 1480 g/mol. The minimum atomic E-state index is -4.55. The Balaban J connectivity index is 0.000000435. The van der Waals surface area contributed by atoms with E-state index in [1.807, 2.05) is 0 Å². The minimum absolute atomic E-state index is 0. The number of carboxylic acids is 2. The van der Waals surface area contributed by atoms with Gasteiger partial charge in [-0.05, 0) is 116 Å². The molecule has 0 saturated heterocycles. The van der Waals surface area contributed by atoms with E-state index in [0.717, 1.165) is 43.9 Å². The van der Waals surface area contributed by atoms with Crippen molar-refractivity contribution in [2.45, 2.75) is 71.3 Å². The van der Waals surface area contributed by atoms with Gasteiger partial charge in [0, 0.05) is 37.0 Å². The number of hydrogen-bond acceptors (Lipinski definition) is 24. The van der Waals surface area contributed by atoms with Crippen LogP contribution < -0.4 is 94.6 Å². The zero-order valence-corrected chi connectivity index (χ0v) is 57.0. The summed E-state index contributed by atoms with van der Waals surface area (Å²) in [5, 5.41) is 58.5. The van der Waals surface area contributed by atoms with Crippen LogP contribution in [0, 0.1) is 0 Å². The van der Waals surface area contributed by atoms with Gasteiger partial charge in [0.15, 0.2) is 11.2 Å². The molecule has 3 aromatic heterocycles. The largest absolute Gasteiger partial charge is 7.00 e. The number of unbranched alkanes of at least 4 members (excludes halogenated alkanes) is 3. The second-order valence-corrected chi connectivity index (χ2v) is 26.2. The van der Waals surface area contributed by atoms with E-state index in [2.05, 4.69) is 56.9 Å². The average Bonchev–Trinajstić information content (AvgIpc) is 0.794. The third-order valence-corrected chi connectivity index (χ3v) is 17.8. The molecule has 7 aromatic rings. The summed E-state index contributed by atoms with van der Waals surface area (Å²) in [5.41, 5.74) is 8.08. The molecule has 1 unspecified atom stereocenters. The standard InChI is InChI=1S/C31H38N12O6.C18H15O9PS3.C6H13NO5.Na.Tc/c32-31-41-26-25(29(47)42-31)39-21(17-38-26)16-36-20-8-5-18(6-9-20)28(46)40-22(30(48)49)10-12-24(44)34-13-3-1-2-4-14-35-27(45)19-7-11-23(43-33)37-15-19;19-29(20,21)16-7-1-4-13(10-16)28(14-5-2-8-17(11-14)30(22,23)24)15-6-3-9-18(12-15)31(25,26)27;8-2-6(3-9,4-10)7-1-5(11)12;;/h5-9,11,15,17,22,36H,1-4,10,12-14,16,33H2,(H,34,44)(H,35,45)(H,37,43)(H,40,46)(H,48,49)(H3,32,38,41,42,47);1-12H,(H,19,20,21)(H,22,23,24)(H,25,26,27);7-10H,1-4H2,(H,11,12);;/q;;;+1;+7/i;;;;1+1. The van der Waals surface area contributed by atoms with E-state index in [1.54, 1.807) is 24.3 Å². The number of nitrogens with one attached hydrogen (secondary N) is 7. The van der Waals surface area contributed by atoms with Crippen LogP contribution in [0.3, 0.4) is 0 Å². The number of aromatic amines is 1. The maximum atomic E-state index is 12.7. The molecule has 3 heterocycles. The molecule has 39 heteroatoms. The first-order valence-electron chi connectivity index (χ1n) is 27.2. The number of carbonyl (C=O) groups is 5. The molecular formula is C55H66N13NaO20PS3Tc+8. The number of pyridine rings is 1. The number of aliphatic carboxylic acids is 2. The van der Waals surface area contributed by atoms with E-state index in [-0.39, 0.29) is 104 Å². The Labute approximate surface area is 574 Å². The molecule has 494 valence electrons. The third-order valence-electron chi connectivity index (χ3n) is 12.9. The predicted octanol–water partition coefficient (Wildman–Crippen LogP) is -3.78. The smallest absolute Gasteiger partial charge is 0.480 e. The van der Waals surface area contributed by atoms with Gasteiger partial charge in [-0.3, -0.25) is 47.9 Å². The molecule has 4 aromatic carbocycles. The number of aliphatic hydroxyl groups excluding tert-OH is 3. The van der Waals surface area contributed by atoms with Crippen LogP contribution in [0.2, 0.25) is 0 Å². The summed E-state index contributed by atoms with van der Waals surface area (Å²) < 4.78 is 97.7. The van der Waals surface area contributed by atoms with Crippen molar-refractivity contribution in [2.75, 3.05) is 55.9 Å². The molecule has 0 bridgehead atoms. The Morgan fingerprint density at radius 1 is 0.649 bits per heavy atom. The van der Waals surface area contributed by atoms with Crippen LogP contribution in [0.15, 0.2) is 141 Å². The number of carbonyl (C=O) groups excluding carboxylic acids is 3. The first kappa shape index (κ1) is 80.8. The maximum absolute atomic E-state index is 12.7. The van der Waals surface area contributed by atoms with Gasteiger partial charge < -0.3 is 58.0 Å². The molecule has 0 fully saturated rings. The Kier molecular flexibility index (Phi) is 32.9. The van der Waals surface area contributed by atoms with E-state index < -0.39 is 114 Å². The number of amides is 3. The second-order valence-electron chi connectivity index (χ2n) is 19.7. The number of benzene rings is 4.